The summed E-state index contributed by atoms with van der Waals surface area (Å²) in [6, 6.07) is 0. The molecule has 1 N–H and O–H groups in total. The molecule has 0 aliphatic heterocycles. The van der Waals surface area contributed by atoms with Crippen LogP contribution in [0, 0.1) is 0 Å². The van der Waals surface area contributed by atoms with Gasteiger partial charge in [-0.3, -0.25) is 9.36 Å². The highest BCUT2D eigenvalue weighted by molar-refractivity contribution is 9.10. The van der Waals surface area contributed by atoms with Gasteiger partial charge in [-0.05, 0) is 22.4 Å². The van der Waals surface area contributed by atoms with Crippen LogP contribution < -0.4 is 11.2 Å². The average molecular weight is 311 g/mol. The van der Waals surface area contributed by atoms with E-state index in [0.717, 1.165) is 10.8 Å². The van der Waals surface area contributed by atoms with E-state index in [-0.39, 0.29) is 23.2 Å². The van der Waals surface area contributed by atoms with Crippen molar-refractivity contribution in [1.29, 1.82) is 0 Å². The van der Waals surface area contributed by atoms with Gasteiger partial charge in [0.25, 0.3) is 5.56 Å². The Labute approximate surface area is 100 Å². The van der Waals surface area contributed by atoms with Crippen LogP contribution in [0.5, 0.6) is 0 Å². The molecule has 0 saturated carbocycles. The van der Waals surface area contributed by atoms with Gasteiger partial charge < -0.3 is 4.98 Å². The Bertz CT molecular complexity index is 587. The van der Waals surface area contributed by atoms with Crippen LogP contribution >= 0.6 is 15.9 Å². The van der Waals surface area contributed by atoms with E-state index < -0.39 is 21.1 Å². The van der Waals surface area contributed by atoms with Crippen molar-refractivity contribution >= 4 is 25.8 Å². The van der Waals surface area contributed by atoms with E-state index >= 15 is 0 Å². The maximum atomic E-state index is 11.5. The normalized spacial score (nSPS) is 11.6. The van der Waals surface area contributed by atoms with Crippen LogP contribution in [0.25, 0.3) is 0 Å². The molecule has 0 spiro atoms. The Kier molecular flexibility index (Phi) is 4.09. The molecular formula is C8H11BrN2O4S. The fourth-order valence-electron chi connectivity index (χ4n) is 1.17. The number of hydrogen-bond donors (Lipinski definition) is 1. The van der Waals surface area contributed by atoms with Crippen molar-refractivity contribution in [3.05, 3.63) is 31.5 Å². The second-order valence-electron chi connectivity index (χ2n) is 3.38. The molecule has 0 radical (unpaired) electrons. The Hall–Kier alpha value is -0.890. The molecule has 90 valence electrons. The summed E-state index contributed by atoms with van der Waals surface area (Å²) in [6.45, 7) is 0.0840. The first kappa shape index (κ1) is 13.2. The summed E-state index contributed by atoms with van der Waals surface area (Å²) < 4.78 is 23.0. The van der Waals surface area contributed by atoms with Crippen molar-refractivity contribution in [2.24, 2.45) is 0 Å². The lowest BCUT2D eigenvalue weighted by Gasteiger charge is -2.03. The van der Waals surface area contributed by atoms with Gasteiger partial charge in [-0.15, -0.1) is 0 Å². The van der Waals surface area contributed by atoms with E-state index in [4.69, 9.17) is 0 Å². The molecule has 8 heteroatoms. The molecule has 0 fully saturated rings. The molecule has 16 heavy (non-hydrogen) atoms. The minimum atomic E-state index is -3.07. The van der Waals surface area contributed by atoms with Crippen molar-refractivity contribution in [1.82, 2.24) is 9.55 Å². The van der Waals surface area contributed by atoms with Gasteiger partial charge in [0.15, 0.2) is 0 Å². The van der Waals surface area contributed by atoms with Crippen molar-refractivity contribution in [2.75, 3.05) is 12.0 Å². The zero-order valence-electron chi connectivity index (χ0n) is 8.57. The Morgan fingerprint density at radius 2 is 2.06 bits per heavy atom. The maximum Gasteiger partial charge on any atom is 0.328 e. The summed E-state index contributed by atoms with van der Waals surface area (Å²) in [4.78, 5) is 25.1. The van der Waals surface area contributed by atoms with Gasteiger partial charge in [0, 0.05) is 19.0 Å². The predicted octanol–water partition coefficient (Wildman–Crippen LogP) is -0.266. The van der Waals surface area contributed by atoms with E-state index in [0.29, 0.717) is 0 Å². The fourth-order valence-corrected chi connectivity index (χ4v) is 2.16. The fraction of sp³-hybridized carbons (Fsp3) is 0.500. The van der Waals surface area contributed by atoms with E-state index in [1.165, 1.54) is 6.20 Å². The molecule has 0 aliphatic rings. The number of nitrogens with zero attached hydrogens (tertiary/aromatic N) is 1. The molecule has 1 aromatic rings. The number of rotatable bonds is 4. The second kappa shape index (κ2) is 4.96. The summed E-state index contributed by atoms with van der Waals surface area (Å²) in [5.74, 6) is -0.0502. The highest BCUT2D eigenvalue weighted by Gasteiger charge is 2.07. The van der Waals surface area contributed by atoms with Crippen molar-refractivity contribution < 1.29 is 8.42 Å². The molecule has 0 atom stereocenters. The Balaban J connectivity index is 2.87. The van der Waals surface area contributed by atoms with Crippen LogP contribution in [0.3, 0.4) is 0 Å². The first-order chi connectivity index (χ1) is 7.31. The van der Waals surface area contributed by atoms with Crippen molar-refractivity contribution in [3.8, 4) is 0 Å². The number of halogens is 1. The highest BCUT2D eigenvalue weighted by atomic mass is 79.9. The maximum absolute atomic E-state index is 11.5. The molecule has 0 amide bonds. The summed E-state index contributed by atoms with van der Waals surface area (Å²) in [6.07, 6.45) is 2.61. The monoisotopic (exact) mass is 310 g/mol. The lowest BCUT2D eigenvalue weighted by molar-refractivity contribution is 0.580. The number of hydrogen-bond acceptors (Lipinski definition) is 4. The van der Waals surface area contributed by atoms with E-state index in [1.54, 1.807) is 0 Å². The SMILES string of the molecule is CS(=O)(=O)CCCn1c(=O)[nH]cc(Br)c1=O. The topological polar surface area (TPSA) is 89.0 Å². The summed E-state index contributed by atoms with van der Waals surface area (Å²) in [7, 11) is -3.07. The summed E-state index contributed by atoms with van der Waals surface area (Å²) >= 11 is 2.99. The van der Waals surface area contributed by atoms with Crippen LogP contribution in [0.1, 0.15) is 6.42 Å². The minimum absolute atomic E-state index is 0.0502. The van der Waals surface area contributed by atoms with E-state index in [9.17, 15) is 18.0 Å². The van der Waals surface area contributed by atoms with Gasteiger partial charge in [0.05, 0.1) is 10.2 Å². The van der Waals surface area contributed by atoms with Crippen LogP contribution in [0.2, 0.25) is 0 Å². The van der Waals surface area contributed by atoms with Crippen LogP contribution in [-0.2, 0) is 16.4 Å². The summed E-state index contributed by atoms with van der Waals surface area (Å²) in [5.41, 5.74) is -1.00. The lowest BCUT2D eigenvalue weighted by Crippen LogP contribution is -2.35. The highest BCUT2D eigenvalue weighted by Crippen LogP contribution is 1.97. The van der Waals surface area contributed by atoms with Gasteiger partial charge >= 0.3 is 5.69 Å². The second-order valence-corrected chi connectivity index (χ2v) is 6.50. The van der Waals surface area contributed by atoms with Gasteiger partial charge in [-0.2, -0.15) is 0 Å². The first-order valence-corrected chi connectivity index (χ1v) is 7.32. The van der Waals surface area contributed by atoms with Gasteiger partial charge in [-0.25, -0.2) is 13.2 Å². The van der Waals surface area contributed by atoms with Crippen LogP contribution in [-0.4, -0.2) is 30.0 Å². The van der Waals surface area contributed by atoms with Crippen molar-refractivity contribution in [3.63, 3.8) is 0 Å². The average Bonchev–Trinajstić information content (AvgIpc) is 2.16. The quantitative estimate of drug-likeness (QED) is 0.829. The molecule has 0 bridgehead atoms. The smallest absolute Gasteiger partial charge is 0.313 e. The minimum Gasteiger partial charge on any atom is -0.313 e. The molecule has 0 saturated heterocycles. The number of nitrogens with one attached hydrogen (secondary N) is 1. The van der Waals surface area contributed by atoms with Gasteiger partial charge in [-0.1, -0.05) is 0 Å². The zero-order chi connectivity index (χ0) is 12.3. The third-order valence-electron chi connectivity index (χ3n) is 1.91. The lowest BCUT2D eigenvalue weighted by atomic mass is 10.4. The van der Waals surface area contributed by atoms with E-state index in [2.05, 4.69) is 20.9 Å². The summed E-state index contributed by atoms with van der Waals surface area (Å²) in [5, 5.41) is 0. The van der Waals surface area contributed by atoms with E-state index in [1.807, 2.05) is 0 Å². The molecule has 0 unspecified atom stereocenters. The zero-order valence-corrected chi connectivity index (χ0v) is 11.0. The molecule has 1 heterocycles. The molecule has 1 rings (SSSR count). The van der Waals surface area contributed by atoms with Crippen LogP contribution in [0.4, 0.5) is 0 Å². The number of aromatic nitrogens is 2. The third kappa shape index (κ3) is 3.60. The molecule has 0 aliphatic carbocycles. The number of sulfone groups is 1. The standard InChI is InChI=1S/C8H11BrN2O4S/c1-16(14,15)4-2-3-11-7(12)6(9)5-10-8(11)13/h5H,2-4H2,1H3,(H,10,13). The number of H-pyrrole nitrogens is 1. The Morgan fingerprint density at radius 1 is 1.44 bits per heavy atom. The number of aromatic amines is 1. The first-order valence-electron chi connectivity index (χ1n) is 4.47. The molecular weight excluding hydrogens is 300 g/mol. The molecule has 6 nitrogen and oxygen atoms in total. The molecule has 0 aromatic carbocycles. The predicted molar refractivity (Wildman–Crippen MR) is 63.4 cm³/mol. The van der Waals surface area contributed by atoms with Crippen LogP contribution in [0.15, 0.2) is 20.3 Å². The molecule has 1 aromatic heterocycles. The van der Waals surface area contributed by atoms with Gasteiger partial charge in [0.1, 0.15) is 9.84 Å². The van der Waals surface area contributed by atoms with Crippen molar-refractivity contribution in [2.45, 2.75) is 13.0 Å². The third-order valence-corrected chi connectivity index (χ3v) is 3.51. The van der Waals surface area contributed by atoms with Gasteiger partial charge in [0.2, 0.25) is 0 Å². The largest absolute Gasteiger partial charge is 0.328 e. The Morgan fingerprint density at radius 3 is 2.62 bits per heavy atom.